The van der Waals surface area contributed by atoms with Crippen LogP contribution in [-0.2, 0) is 6.54 Å². The van der Waals surface area contributed by atoms with Crippen LogP contribution in [0, 0.1) is 12.8 Å². The second kappa shape index (κ2) is 5.54. The first kappa shape index (κ1) is 12.4. The maximum atomic E-state index is 4.63. The Hall–Kier alpha value is -1.03. The summed E-state index contributed by atoms with van der Waals surface area (Å²) in [5.41, 5.74) is 2.46. The molecule has 1 saturated heterocycles. The summed E-state index contributed by atoms with van der Waals surface area (Å²) in [6.07, 6.45) is 3.72. The van der Waals surface area contributed by atoms with Crippen molar-refractivity contribution in [1.82, 2.24) is 10.3 Å². The van der Waals surface area contributed by atoms with E-state index in [9.17, 15) is 0 Å². The van der Waals surface area contributed by atoms with Gasteiger partial charge >= 0.3 is 0 Å². The summed E-state index contributed by atoms with van der Waals surface area (Å²) >= 11 is 1.83. The van der Waals surface area contributed by atoms with Crippen LogP contribution in [0.4, 0.5) is 0 Å². The van der Waals surface area contributed by atoms with Crippen molar-refractivity contribution in [3.63, 3.8) is 0 Å². The van der Waals surface area contributed by atoms with Gasteiger partial charge in [-0.1, -0.05) is 25.6 Å². The number of hydrogen-bond acceptors (Lipinski definition) is 3. The van der Waals surface area contributed by atoms with Crippen LogP contribution in [0.1, 0.15) is 25.0 Å². The number of amidine groups is 1. The quantitative estimate of drug-likeness (QED) is 0.894. The Morgan fingerprint density at radius 1 is 1.59 bits per heavy atom. The molecule has 0 amide bonds. The molecule has 1 fully saturated rings. The van der Waals surface area contributed by atoms with Crippen LogP contribution < -0.4 is 5.32 Å². The van der Waals surface area contributed by atoms with Gasteiger partial charge in [0.2, 0.25) is 0 Å². The van der Waals surface area contributed by atoms with E-state index in [2.05, 4.69) is 36.1 Å². The van der Waals surface area contributed by atoms with Crippen molar-refractivity contribution in [3.8, 4) is 0 Å². The number of aromatic nitrogens is 1. The van der Waals surface area contributed by atoms with Crippen molar-refractivity contribution in [3.05, 3.63) is 29.6 Å². The number of nitrogens with zero attached hydrogens (tertiary/aromatic N) is 2. The minimum absolute atomic E-state index is 0.567. The molecule has 1 N–H and O–H groups in total. The standard InChI is InChI=1S/C13H19N3S/c1-9(2)12-8-17-13(16-12)15-7-11-4-5-14-6-10(11)3/h4-6,9,12H,7-8H2,1-3H3,(H,15,16)/t12-/m1/s1. The van der Waals surface area contributed by atoms with Crippen LogP contribution in [-0.4, -0.2) is 21.9 Å². The summed E-state index contributed by atoms with van der Waals surface area (Å²) in [5, 5.41) is 4.56. The van der Waals surface area contributed by atoms with Gasteiger partial charge in [-0.05, 0) is 30.0 Å². The Labute approximate surface area is 107 Å². The molecular formula is C13H19N3S. The maximum absolute atomic E-state index is 4.63. The summed E-state index contributed by atoms with van der Waals surface area (Å²) in [4.78, 5) is 8.72. The summed E-state index contributed by atoms with van der Waals surface area (Å²) < 4.78 is 0. The highest BCUT2D eigenvalue weighted by Crippen LogP contribution is 2.19. The molecule has 1 aromatic heterocycles. The van der Waals surface area contributed by atoms with Crippen molar-refractivity contribution >= 4 is 16.9 Å². The second-order valence-electron chi connectivity index (χ2n) is 4.73. The van der Waals surface area contributed by atoms with Crippen molar-refractivity contribution in [1.29, 1.82) is 0 Å². The first-order valence-electron chi connectivity index (χ1n) is 6.00. The summed E-state index contributed by atoms with van der Waals surface area (Å²) in [6, 6.07) is 2.61. The molecule has 17 heavy (non-hydrogen) atoms. The van der Waals surface area contributed by atoms with Gasteiger partial charge in [0.15, 0.2) is 5.17 Å². The Morgan fingerprint density at radius 2 is 2.41 bits per heavy atom. The lowest BCUT2D eigenvalue weighted by Gasteiger charge is -2.13. The van der Waals surface area contributed by atoms with Crippen LogP contribution in [0.15, 0.2) is 23.5 Å². The molecule has 3 nitrogen and oxygen atoms in total. The van der Waals surface area contributed by atoms with Gasteiger partial charge < -0.3 is 5.32 Å². The van der Waals surface area contributed by atoms with E-state index in [-0.39, 0.29) is 0 Å². The molecule has 92 valence electrons. The molecule has 2 rings (SSSR count). The predicted molar refractivity (Wildman–Crippen MR) is 74.3 cm³/mol. The molecule has 0 aromatic carbocycles. The average molecular weight is 249 g/mol. The van der Waals surface area contributed by atoms with E-state index in [1.165, 1.54) is 11.1 Å². The Kier molecular flexibility index (Phi) is 4.05. The third kappa shape index (κ3) is 3.22. The third-order valence-electron chi connectivity index (χ3n) is 3.04. The number of aryl methyl sites for hydroxylation is 1. The number of pyridine rings is 1. The molecule has 0 radical (unpaired) electrons. The summed E-state index contributed by atoms with van der Waals surface area (Å²) in [6.45, 7) is 7.31. The van der Waals surface area contributed by atoms with Gasteiger partial charge in [0, 0.05) is 24.2 Å². The van der Waals surface area contributed by atoms with Gasteiger partial charge in [0.1, 0.15) is 0 Å². The van der Waals surface area contributed by atoms with E-state index in [4.69, 9.17) is 0 Å². The van der Waals surface area contributed by atoms with Gasteiger partial charge in [-0.3, -0.25) is 9.98 Å². The van der Waals surface area contributed by atoms with Crippen molar-refractivity contribution in [2.24, 2.45) is 10.9 Å². The topological polar surface area (TPSA) is 37.3 Å². The molecular weight excluding hydrogens is 230 g/mol. The fourth-order valence-corrected chi connectivity index (χ4v) is 2.89. The zero-order chi connectivity index (χ0) is 12.3. The first-order valence-corrected chi connectivity index (χ1v) is 6.98. The fraction of sp³-hybridized carbons (Fsp3) is 0.538. The lowest BCUT2D eigenvalue weighted by molar-refractivity contribution is 0.503. The smallest absolute Gasteiger partial charge is 0.157 e. The van der Waals surface area contributed by atoms with Crippen LogP contribution in [0.25, 0.3) is 0 Å². The zero-order valence-corrected chi connectivity index (χ0v) is 11.4. The number of rotatable bonds is 3. The van der Waals surface area contributed by atoms with E-state index in [0.717, 1.165) is 17.5 Å². The molecule has 0 bridgehead atoms. The number of aliphatic imine (C=N–C) groups is 1. The Bertz CT molecular complexity index is 415. The molecule has 0 aliphatic carbocycles. The van der Waals surface area contributed by atoms with Gasteiger partial charge in [0.05, 0.1) is 6.54 Å². The number of nitrogens with one attached hydrogen (secondary N) is 1. The van der Waals surface area contributed by atoms with Gasteiger partial charge in [0.25, 0.3) is 0 Å². The maximum Gasteiger partial charge on any atom is 0.157 e. The van der Waals surface area contributed by atoms with Crippen LogP contribution in [0.3, 0.4) is 0 Å². The van der Waals surface area contributed by atoms with Crippen molar-refractivity contribution < 1.29 is 0 Å². The van der Waals surface area contributed by atoms with E-state index < -0.39 is 0 Å². The Balaban J connectivity index is 1.96. The molecule has 1 atom stereocenters. The lowest BCUT2D eigenvalue weighted by atomic mass is 10.1. The van der Waals surface area contributed by atoms with Gasteiger partial charge in [-0.15, -0.1) is 0 Å². The predicted octanol–water partition coefficient (Wildman–Crippen LogP) is 2.61. The highest BCUT2D eigenvalue weighted by Gasteiger charge is 2.22. The van der Waals surface area contributed by atoms with E-state index in [1.807, 2.05) is 30.2 Å². The molecule has 1 aliphatic heterocycles. The van der Waals surface area contributed by atoms with Crippen LogP contribution in [0.5, 0.6) is 0 Å². The molecule has 2 heterocycles. The molecule has 4 heteroatoms. The lowest BCUT2D eigenvalue weighted by Crippen LogP contribution is -2.31. The summed E-state index contributed by atoms with van der Waals surface area (Å²) in [5.74, 6) is 1.80. The molecule has 0 unspecified atom stereocenters. The molecule has 0 spiro atoms. The largest absolute Gasteiger partial charge is 0.361 e. The van der Waals surface area contributed by atoms with E-state index in [1.54, 1.807) is 0 Å². The average Bonchev–Trinajstić information content (AvgIpc) is 2.77. The van der Waals surface area contributed by atoms with Gasteiger partial charge in [-0.2, -0.15) is 0 Å². The molecule has 1 aliphatic rings. The SMILES string of the molecule is Cc1cnccc1CN=C1N[C@@H](C(C)C)CS1. The highest BCUT2D eigenvalue weighted by atomic mass is 32.2. The normalized spacial score (nSPS) is 22.1. The highest BCUT2D eigenvalue weighted by molar-refractivity contribution is 8.14. The van der Waals surface area contributed by atoms with Gasteiger partial charge in [-0.25, -0.2) is 0 Å². The van der Waals surface area contributed by atoms with E-state index >= 15 is 0 Å². The Morgan fingerprint density at radius 3 is 3.06 bits per heavy atom. The van der Waals surface area contributed by atoms with Crippen LogP contribution in [0.2, 0.25) is 0 Å². The van der Waals surface area contributed by atoms with Crippen molar-refractivity contribution in [2.75, 3.05) is 5.75 Å². The minimum Gasteiger partial charge on any atom is -0.361 e. The van der Waals surface area contributed by atoms with E-state index in [0.29, 0.717) is 12.0 Å². The fourth-order valence-electron chi connectivity index (χ4n) is 1.70. The number of thioether (sulfide) groups is 1. The first-order chi connectivity index (χ1) is 8.16. The monoisotopic (exact) mass is 249 g/mol. The third-order valence-corrected chi connectivity index (χ3v) is 4.09. The molecule has 0 saturated carbocycles. The van der Waals surface area contributed by atoms with Crippen molar-refractivity contribution in [2.45, 2.75) is 33.4 Å². The van der Waals surface area contributed by atoms with Crippen LogP contribution >= 0.6 is 11.8 Å². The summed E-state index contributed by atoms with van der Waals surface area (Å²) in [7, 11) is 0. The minimum atomic E-state index is 0.567. The zero-order valence-electron chi connectivity index (χ0n) is 10.6. The second-order valence-corrected chi connectivity index (χ2v) is 5.74. The molecule has 1 aromatic rings. The number of hydrogen-bond donors (Lipinski definition) is 1.